The van der Waals surface area contributed by atoms with Crippen LogP contribution in [0.15, 0.2) is 95.9 Å². The van der Waals surface area contributed by atoms with Crippen LogP contribution in [0.25, 0.3) is 0 Å². The summed E-state index contributed by atoms with van der Waals surface area (Å²) < 4.78 is 45.1. The molecule has 2 fully saturated rings. The largest absolute Gasteiger partial charge is 0.493 e. The van der Waals surface area contributed by atoms with Gasteiger partial charge in [-0.25, -0.2) is 13.2 Å². The highest BCUT2D eigenvalue weighted by Crippen LogP contribution is 2.35. The number of benzene rings is 4. The first kappa shape index (κ1) is 39.5. The molecule has 2 aliphatic carbocycles. The van der Waals surface area contributed by atoms with Crippen LogP contribution in [0, 0.1) is 11.8 Å². The Hall–Kier alpha value is -5.20. The van der Waals surface area contributed by atoms with Gasteiger partial charge in [-0.1, -0.05) is 37.3 Å². The zero-order valence-electron chi connectivity index (χ0n) is 31.6. The summed E-state index contributed by atoms with van der Waals surface area (Å²) in [4.78, 5) is 37.6. The van der Waals surface area contributed by atoms with Crippen molar-refractivity contribution in [2.24, 2.45) is 11.8 Å². The summed E-state index contributed by atoms with van der Waals surface area (Å²) in [6.07, 6.45) is 6.17. The molecule has 55 heavy (non-hydrogen) atoms. The summed E-state index contributed by atoms with van der Waals surface area (Å²) in [5, 5.41) is 6.42. The summed E-state index contributed by atoms with van der Waals surface area (Å²) >= 11 is 0. The number of sulfonamides is 1. The Labute approximate surface area is 323 Å². The molecule has 6 rings (SSSR count). The molecule has 0 bridgehead atoms. The van der Waals surface area contributed by atoms with Crippen LogP contribution in [-0.2, 0) is 37.1 Å². The van der Waals surface area contributed by atoms with Crippen molar-refractivity contribution in [3.8, 4) is 5.75 Å². The van der Waals surface area contributed by atoms with Crippen molar-refractivity contribution in [1.82, 2.24) is 4.31 Å². The topological polar surface area (TPSA) is 140 Å². The second-order valence-electron chi connectivity index (χ2n) is 14.2. The number of amides is 1. The number of nitrogens with zero attached hydrogens (tertiary/aromatic N) is 1. The predicted molar refractivity (Wildman–Crippen MR) is 211 cm³/mol. The first-order valence-electron chi connectivity index (χ1n) is 18.9. The highest BCUT2D eigenvalue weighted by molar-refractivity contribution is 7.89. The molecule has 12 heteroatoms. The molecule has 0 atom stereocenters. The van der Waals surface area contributed by atoms with Gasteiger partial charge >= 0.3 is 11.9 Å². The molecule has 4 aromatic carbocycles. The SMILES string of the molecule is CCN(C1CCC(C(=O)OC)CC1)S(=O)(=O)c1cccc(C(=O)Nc2ccc(OCC3CC3)cc2Nc2ccc(CCc3ccc(C(=O)OC)cc3)cc2)c1. The standard InChI is InChI=1S/C43H49N3O8S/c1-4-46(36-22-18-33(19-23-36)43(49)53-3)55(50,51)38-7-5-6-34(26-38)41(47)45-39-25-24-37(54-28-31-10-11-31)27-40(39)44-35-20-14-30(15-21-35)9-8-29-12-16-32(17-13-29)42(48)52-2/h5-7,12-17,20-21,24-27,31,33,36,44H,4,8-11,18-19,22-23,28H2,1-3H3,(H,45,47). The molecule has 2 saturated carbocycles. The summed E-state index contributed by atoms with van der Waals surface area (Å²) in [5.74, 6) is -0.0440. The first-order chi connectivity index (χ1) is 26.6. The number of methoxy groups -OCH3 is 2. The number of esters is 2. The van der Waals surface area contributed by atoms with E-state index in [9.17, 15) is 22.8 Å². The van der Waals surface area contributed by atoms with Gasteiger partial charge in [0.05, 0.1) is 48.6 Å². The summed E-state index contributed by atoms with van der Waals surface area (Å²) in [6.45, 7) is 2.70. The predicted octanol–water partition coefficient (Wildman–Crippen LogP) is 7.79. The fourth-order valence-electron chi connectivity index (χ4n) is 6.97. The van der Waals surface area contributed by atoms with Gasteiger partial charge in [0.2, 0.25) is 10.0 Å². The molecule has 0 heterocycles. The number of ether oxygens (including phenoxy) is 3. The third-order valence-corrected chi connectivity index (χ3v) is 12.4. The van der Waals surface area contributed by atoms with E-state index in [-0.39, 0.29) is 40.9 Å². The number of rotatable bonds is 16. The molecule has 0 aliphatic heterocycles. The Bertz CT molecular complexity index is 2070. The van der Waals surface area contributed by atoms with Crippen LogP contribution in [-0.4, -0.2) is 64.0 Å². The van der Waals surface area contributed by atoms with E-state index in [1.54, 1.807) is 37.3 Å². The quantitative estimate of drug-likeness (QED) is 0.109. The van der Waals surface area contributed by atoms with Crippen LogP contribution in [0.2, 0.25) is 0 Å². The van der Waals surface area contributed by atoms with Crippen LogP contribution >= 0.6 is 0 Å². The zero-order chi connectivity index (χ0) is 39.0. The van der Waals surface area contributed by atoms with E-state index >= 15 is 0 Å². The van der Waals surface area contributed by atoms with E-state index in [1.807, 2.05) is 48.5 Å². The molecule has 0 saturated heterocycles. The van der Waals surface area contributed by atoms with E-state index in [1.165, 1.54) is 30.7 Å². The Morgan fingerprint density at radius 3 is 2.04 bits per heavy atom. The minimum absolute atomic E-state index is 0.0394. The van der Waals surface area contributed by atoms with E-state index in [2.05, 4.69) is 10.6 Å². The van der Waals surface area contributed by atoms with Gasteiger partial charge in [0.1, 0.15) is 5.75 Å². The third-order valence-electron chi connectivity index (χ3n) is 10.4. The molecule has 11 nitrogen and oxygen atoms in total. The minimum Gasteiger partial charge on any atom is -0.493 e. The maximum atomic E-state index is 13.9. The molecule has 4 aromatic rings. The average Bonchev–Trinajstić information content (AvgIpc) is 4.05. The van der Waals surface area contributed by atoms with Crippen LogP contribution in [0.1, 0.15) is 77.3 Å². The minimum atomic E-state index is -3.92. The highest BCUT2D eigenvalue weighted by atomic mass is 32.2. The van der Waals surface area contributed by atoms with E-state index in [0.717, 1.165) is 42.5 Å². The molecule has 2 aliphatic rings. The highest BCUT2D eigenvalue weighted by Gasteiger charge is 2.35. The van der Waals surface area contributed by atoms with E-state index < -0.39 is 15.9 Å². The Morgan fingerprint density at radius 1 is 0.745 bits per heavy atom. The molecule has 0 radical (unpaired) electrons. The van der Waals surface area contributed by atoms with Gasteiger partial charge < -0.3 is 24.8 Å². The van der Waals surface area contributed by atoms with Gasteiger partial charge in [0.25, 0.3) is 5.91 Å². The summed E-state index contributed by atoms with van der Waals surface area (Å²) in [5.41, 5.74) is 4.93. The van der Waals surface area contributed by atoms with Gasteiger partial charge in [-0.2, -0.15) is 4.31 Å². The number of hydrogen-bond donors (Lipinski definition) is 2. The Morgan fingerprint density at radius 2 is 1.42 bits per heavy atom. The monoisotopic (exact) mass is 767 g/mol. The lowest BCUT2D eigenvalue weighted by Crippen LogP contribution is -2.43. The molecule has 1 amide bonds. The van der Waals surface area contributed by atoms with Gasteiger partial charge in [0, 0.05) is 29.9 Å². The number of hydrogen-bond acceptors (Lipinski definition) is 9. The second kappa shape index (κ2) is 18.0. The summed E-state index contributed by atoms with van der Waals surface area (Å²) in [7, 11) is -1.18. The summed E-state index contributed by atoms with van der Waals surface area (Å²) in [6, 6.07) is 26.8. The molecule has 0 unspecified atom stereocenters. The number of aryl methyl sites for hydroxylation is 2. The van der Waals surface area contributed by atoms with Crippen molar-refractivity contribution in [3.63, 3.8) is 0 Å². The average molecular weight is 768 g/mol. The fourth-order valence-corrected chi connectivity index (χ4v) is 8.71. The molecule has 0 spiro atoms. The normalized spacial score (nSPS) is 16.9. The third kappa shape index (κ3) is 10.1. The van der Waals surface area contributed by atoms with Crippen LogP contribution < -0.4 is 15.4 Å². The van der Waals surface area contributed by atoms with Gasteiger partial charge in [0.15, 0.2) is 0 Å². The van der Waals surface area contributed by atoms with E-state index in [0.29, 0.717) is 60.9 Å². The fraction of sp³-hybridized carbons (Fsp3) is 0.372. The van der Waals surface area contributed by atoms with Gasteiger partial charge in [-0.3, -0.25) is 9.59 Å². The van der Waals surface area contributed by atoms with Crippen molar-refractivity contribution in [3.05, 3.63) is 113 Å². The van der Waals surface area contributed by atoms with Crippen molar-refractivity contribution < 1.29 is 37.0 Å². The number of carbonyl (C=O) groups excluding carboxylic acids is 3. The van der Waals surface area contributed by atoms with E-state index in [4.69, 9.17) is 14.2 Å². The zero-order valence-corrected chi connectivity index (χ0v) is 32.4. The Kier molecular flexibility index (Phi) is 12.9. The van der Waals surface area contributed by atoms with Crippen molar-refractivity contribution >= 4 is 44.9 Å². The van der Waals surface area contributed by atoms with Crippen molar-refractivity contribution in [2.75, 3.05) is 38.0 Å². The number of nitrogens with one attached hydrogen (secondary N) is 2. The van der Waals surface area contributed by atoms with Gasteiger partial charge in [-0.15, -0.1) is 0 Å². The van der Waals surface area contributed by atoms with Crippen molar-refractivity contribution in [2.45, 2.75) is 69.2 Å². The maximum Gasteiger partial charge on any atom is 0.337 e. The maximum absolute atomic E-state index is 13.9. The van der Waals surface area contributed by atoms with Crippen LogP contribution in [0.5, 0.6) is 5.75 Å². The molecule has 2 N–H and O–H groups in total. The Balaban J connectivity index is 1.14. The molecular weight excluding hydrogens is 719 g/mol. The second-order valence-corrected chi connectivity index (χ2v) is 16.1. The lowest BCUT2D eigenvalue weighted by Gasteiger charge is -2.34. The lowest BCUT2D eigenvalue weighted by atomic mass is 9.86. The number of carbonyl (C=O) groups is 3. The van der Waals surface area contributed by atoms with Crippen molar-refractivity contribution in [1.29, 1.82) is 0 Å². The molecule has 290 valence electrons. The lowest BCUT2D eigenvalue weighted by molar-refractivity contribution is -0.146. The van der Waals surface area contributed by atoms with Crippen LogP contribution in [0.3, 0.4) is 0 Å². The van der Waals surface area contributed by atoms with Crippen LogP contribution in [0.4, 0.5) is 17.1 Å². The van der Waals surface area contributed by atoms with Gasteiger partial charge in [-0.05, 0) is 123 Å². The first-order valence-corrected chi connectivity index (χ1v) is 20.3. The number of anilines is 3. The molecular formula is C43H49N3O8S. The molecule has 0 aromatic heterocycles. The smallest absolute Gasteiger partial charge is 0.337 e.